The van der Waals surface area contributed by atoms with Gasteiger partial charge in [-0.15, -0.1) is 0 Å². The van der Waals surface area contributed by atoms with Crippen LogP contribution in [0.15, 0.2) is 29.2 Å². The summed E-state index contributed by atoms with van der Waals surface area (Å²) in [6, 6.07) is 6.35. The van der Waals surface area contributed by atoms with Crippen molar-refractivity contribution in [2.45, 2.75) is 36.3 Å². The van der Waals surface area contributed by atoms with Gasteiger partial charge in [0, 0.05) is 21.8 Å². The third-order valence-electron chi connectivity index (χ3n) is 3.61. The van der Waals surface area contributed by atoms with E-state index in [1.165, 1.54) is 0 Å². The Kier molecular flexibility index (Phi) is 4.42. The van der Waals surface area contributed by atoms with E-state index >= 15 is 0 Å². The Morgan fingerprint density at radius 2 is 1.95 bits per heavy atom. The van der Waals surface area contributed by atoms with E-state index in [1.807, 2.05) is 0 Å². The minimum Gasteiger partial charge on any atom is -0.321 e. The smallest absolute Gasteiger partial charge is 0.288 e. The molecule has 22 heavy (non-hydrogen) atoms. The number of amides is 1. The Balaban J connectivity index is 1.70. The van der Waals surface area contributed by atoms with Crippen molar-refractivity contribution in [3.8, 4) is 0 Å². The summed E-state index contributed by atoms with van der Waals surface area (Å²) >= 11 is 0.479. The predicted molar refractivity (Wildman–Crippen MR) is 81.5 cm³/mol. The molecule has 0 saturated heterocycles. The lowest BCUT2D eigenvalue weighted by molar-refractivity contribution is 0.102. The molecule has 7 heteroatoms. The van der Waals surface area contributed by atoms with Gasteiger partial charge in [-0.2, -0.15) is 13.9 Å². The first-order valence-corrected chi connectivity index (χ1v) is 7.94. The van der Waals surface area contributed by atoms with Crippen LogP contribution in [0.3, 0.4) is 0 Å². The van der Waals surface area contributed by atoms with Crippen LogP contribution in [0.4, 0.5) is 14.5 Å². The molecule has 1 aromatic carbocycles. The molecule has 1 aliphatic rings. The number of alkyl halides is 2. The van der Waals surface area contributed by atoms with Crippen molar-refractivity contribution in [1.82, 2.24) is 10.2 Å². The standard InChI is InChI=1S/C15H15F2N3OS/c16-15(17)22-10-7-5-9(6-8-10)18-14(21)13-11-3-1-2-4-12(11)19-20-13/h5-8,15H,1-4H2,(H,18,21)(H,19,20). The van der Waals surface area contributed by atoms with Gasteiger partial charge >= 0.3 is 0 Å². The number of nitrogens with one attached hydrogen (secondary N) is 2. The Morgan fingerprint density at radius 1 is 1.23 bits per heavy atom. The van der Waals surface area contributed by atoms with Crippen LogP contribution in [-0.2, 0) is 12.8 Å². The second-order valence-electron chi connectivity index (χ2n) is 5.09. The normalized spacial score (nSPS) is 14.0. The van der Waals surface area contributed by atoms with Gasteiger partial charge in [0.05, 0.1) is 0 Å². The van der Waals surface area contributed by atoms with Gasteiger partial charge in [-0.05, 0) is 49.9 Å². The van der Waals surface area contributed by atoms with Crippen molar-refractivity contribution < 1.29 is 13.6 Å². The Bertz CT molecular complexity index is 670. The van der Waals surface area contributed by atoms with Crippen LogP contribution in [0.2, 0.25) is 0 Å². The van der Waals surface area contributed by atoms with E-state index in [4.69, 9.17) is 0 Å². The summed E-state index contributed by atoms with van der Waals surface area (Å²) in [6.45, 7) is 0. The molecule has 1 aromatic heterocycles. The summed E-state index contributed by atoms with van der Waals surface area (Å²) in [5.41, 5.74) is 3.03. The van der Waals surface area contributed by atoms with Crippen LogP contribution in [0.1, 0.15) is 34.6 Å². The predicted octanol–water partition coefficient (Wildman–Crippen LogP) is 3.86. The number of benzene rings is 1. The molecular formula is C15H15F2N3OS. The van der Waals surface area contributed by atoms with Gasteiger partial charge in [0.1, 0.15) is 0 Å². The molecule has 0 bridgehead atoms. The maximum Gasteiger partial charge on any atom is 0.288 e. The van der Waals surface area contributed by atoms with Crippen molar-refractivity contribution >= 4 is 23.4 Å². The molecule has 2 N–H and O–H groups in total. The first-order chi connectivity index (χ1) is 10.6. The molecule has 0 unspecified atom stereocenters. The molecule has 0 saturated carbocycles. The van der Waals surface area contributed by atoms with Crippen molar-refractivity contribution in [3.63, 3.8) is 0 Å². The number of aromatic nitrogens is 2. The molecular weight excluding hydrogens is 308 g/mol. The number of hydrogen-bond donors (Lipinski definition) is 2. The Hall–Kier alpha value is -1.89. The average Bonchev–Trinajstić information content (AvgIpc) is 2.93. The van der Waals surface area contributed by atoms with Crippen LogP contribution in [0.5, 0.6) is 0 Å². The molecule has 0 atom stereocenters. The van der Waals surface area contributed by atoms with Gasteiger partial charge in [-0.1, -0.05) is 11.8 Å². The summed E-state index contributed by atoms with van der Waals surface area (Å²) in [5, 5.41) is 9.79. The fourth-order valence-electron chi connectivity index (χ4n) is 2.58. The van der Waals surface area contributed by atoms with E-state index in [9.17, 15) is 13.6 Å². The maximum absolute atomic E-state index is 12.3. The zero-order valence-corrected chi connectivity index (χ0v) is 12.6. The van der Waals surface area contributed by atoms with E-state index in [0.29, 0.717) is 28.0 Å². The Morgan fingerprint density at radius 3 is 2.68 bits per heavy atom. The first kappa shape index (κ1) is 15.0. The number of aryl methyl sites for hydroxylation is 1. The molecule has 1 amide bonds. The highest BCUT2D eigenvalue weighted by Gasteiger charge is 2.21. The number of halogens is 2. The highest BCUT2D eigenvalue weighted by Crippen LogP contribution is 2.27. The zero-order chi connectivity index (χ0) is 15.5. The fourth-order valence-corrected chi connectivity index (χ4v) is 3.08. The average molecular weight is 323 g/mol. The SMILES string of the molecule is O=C(Nc1ccc(SC(F)F)cc1)c1n[nH]c2c1CCCC2. The van der Waals surface area contributed by atoms with Crippen LogP contribution in [0.25, 0.3) is 0 Å². The van der Waals surface area contributed by atoms with Crippen molar-refractivity contribution in [3.05, 3.63) is 41.2 Å². The van der Waals surface area contributed by atoms with Gasteiger partial charge in [0.2, 0.25) is 0 Å². The lowest BCUT2D eigenvalue weighted by Crippen LogP contribution is -2.15. The molecule has 0 aliphatic heterocycles. The number of fused-ring (bicyclic) bond motifs is 1. The number of rotatable bonds is 4. The number of thioether (sulfide) groups is 1. The van der Waals surface area contributed by atoms with Gasteiger partial charge in [-0.25, -0.2) is 0 Å². The van der Waals surface area contributed by atoms with Gasteiger partial charge < -0.3 is 5.32 Å². The van der Waals surface area contributed by atoms with Gasteiger partial charge in [-0.3, -0.25) is 9.89 Å². The number of hydrogen-bond acceptors (Lipinski definition) is 3. The number of aromatic amines is 1. The summed E-state index contributed by atoms with van der Waals surface area (Å²) in [5.74, 6) is -2.72. The third-order valence-corrected chi connectivity index (χ3v) is 4.33. The minimum atomic E-state index is -2.45. The highest BCUT2D eigenvalue weighted by atomic mass is 32.2. The largest absolute Gasteiger partial charge is 0.321 e. The monoisotopic (exact) mass is 323 g/mol. The van der Waals surface area contributed by atoms with Crippen molar-refractivity contribution in [1.29, 1.82) is 0 Å². The number of H-pyrrole nitrogens is 1. The molecule has 4 nitrogen and oxygen atoms in total. The lowest BCUT2D eigenvalue weighted by atomic mass is 9.96. The maximum atomic E-state index is 12.3. The van der Waals surface area contributed by atoms with Crippen molar-refractivity contribution in [2.75, 3.05) is 5.32 Å². The fraction of sp³-hybridized carbons (Fsp3) is 0.333. The molecule has 0 spiro atoms. The van der Waals surface area contributed by atoms with E-state index < -0.39 is 5.76 Å². The molecule has 0 fully saturated rings. The molecule has 0 radical (unpaired) electrons. The second-order valence-corrected chi connectivity index (χ2v) is 6.16. The molecule has 1 aliphatic carbocycles. The molecule has 116 valence electrons. The van der Waals surface area contributed by atoms with Crippen LogP contribution >= 0.6 is 11.8 Å². The number of nitrogens with zero attached hydrogens (tertiary/aromatic N) is 1. The topological polar surface area (TPSA) is 57.8 Å². The summed E-state index contributed by atoms with van der Waals surface area (Å²) in [6.07, 6.45) is 3.96. The Labute approximate surface area is 130 Å². The number of carbonyl (C=O) groups is 1. The van der Waals surface area contributed by atoms with E-state index in [0.717, 1.165) is 36.9 Å². The van der Waals surface area contributed by atoms with Crippen LogP contribution in [-0.4, -0.2) is 21.9 Å². The zero-order valence-electron chi connectivity index (χ0n) is 11.7. The van der Waals surface area contributed by atoms with E-state index in [-0.39, 0.29) is 5.91 Å². The summed E-state index contributed by atoms with van der Waals surface area (Å²) in [4.78, 5) is 12.8. The first-order valence-electron chi connectivity index (χ1n) is 7.06. The minimum absolute atomic E-state index is 0.270. The van der Waals surface area contributed by atoms with E-state index in [2.05, 4.69) is 15.5 Å². The lowest BCUT2D eigenvalue weighted by Gasteiger charge is -2.11. The van der Waals surface area contributed by atoms with Crippen LogP contribution in [0, 0.1) is 0 Å². The molecule has 2 aromatic rings. The van der Waals surface area contributed by atoms with E-state index in [1.54, 1.807) is 24.3 Å². The highest BCUT2D eigenvalue weighted by molar-refractivity contribution is 7.99. The molecule has 3 rings (SSSR count). The van der Waals surface area contributed by atoms with Gasteiger partial charge in [0.25, 0.3) is 11.7 Å². The second kappa shape index (κ2) is 6.48. The van der Waals surface area contributed by atoms with Crippen molar-refractivity contribution in [2.24, 2.45) is 0 Å². The van der Waals surface area contributed by atoms with Crippen LogP contribution < -0.4 is 5.32 Å². The quantitative estimate of drug-likeness (QED) is 0.840. The number of anilines is 1. The third kappa shape index (κ3) is 3.30. The summed E-state index contributed by atoms with van der Waals surface area (Å²) in [7, 11) is 0. The number of carbonyl (C=O) groups excluding carboxylic acids is 1. The van der Waals surface area contributed by atoms with Gasteiger partial charge in [0.15, 0.2) is 5.69 Å². The molecule has 1 heterocycles. The summed E-state index contributed by atoms with van der Waals surface area (Å²) < 4.78 is 24.5.